The van der Waals surface area contributed by atoms with Gasteiger partial charge in [-0.25, -0.2) is 4.98 Å². The second-order valence-corrected chi connectivity index (χ2v) is 9.12. The van der Waals surface area contributed by atoms with Crippen molar-refractivity contribution in [1.29, 1.82) is 0 Å². The second-order valence-electron chi connectivity index (χ2n) is 8.27. The number of Topliss-reactive ketones (excluding diaryl/α,β-unsaturated/α-hetero) is 1. The quantitative estimate of drug-likeness (QED) is 0.225. The molecule has 3 aromatic rings. The minimum absolute atomic E-state index is 0.0838. The van der Waals surface area contributed by atoms with Crippen molar-refractivity contribution >= 4 is 33.4 Å². The van der Waals surface area contributed by atoms with Crippen molar-refractivity contribution in [3.05, 3.63) is 70.2 Å². The van der Waals surface area contributed by atoms with Crippen LogP contribution in [0, 0.1) is 0 Å². The summed E-state index contributed by atoms with van der Waals surface area (Å²) in [4.78, 5) is 32.0. The minimum Gasteiger partial charge on any atom is -0.507 e. The van der Waals surface area contributed by atoms with Crippen molar-refractivity contribution in [2.24, 2.45) is 0 Å². The number of imidazole rings is 1. The Kier molecular flexibility index (Phi) is 7.72. The average molecular weight is 572 g/mol. The summed E-state index contributed by atoms with van der Waals surface area (Å²) in [6.07, 6.45) is 5.68. The highest BCUT2D eigenvalue weighted by atomic mass is 79.9. The summed E-state index contributed by atoms with van der Waals surface area (Å²) in [6, 6.07) is 6.92. The number of carbonyl (C=O) groups excluding carboxylic acids is 2. The number of hydrogen-bond acceptors (Lipinski definition) is 8. The maximum absolute atomic E-state index is 13.3. The monoisotopic (exact) mass is 571 g/mol. The van der Waals surface area contributed by atoms with E-state index in [-0.39, 0.29) is 34.9 Å². The van der Waals surface area contributed by atoms with Crippen molar-refractivity contribution in [2.45, 2.75) is 19.0 Å². The van der Waals surface area contributed by atoms with Crippen LogP contribution in [-0.2, 0) is 16.1 Å². The first-order valence-electron chi connectivity index (χ1n) is 11.3. The standard InChI is InChI=1S/C26H26BrN3O7/c1-35-18-6-5-15(12-19(18)36-2)23(31)21-22(16-11-17(27)24(32)20(13-16)37-3)30(26(34)25(21)33)9-4-8-29-10-7-28-14-29/h5-7,10-14,22,31-32H,4,8-9H2,1-3H3. The largest absolute Gasteiger partial charge is 0.507 e. The van der Waals surface area contributed by atoms with Gasteiger partial charge in [-0.05, 0) is 58.2 Å². The lowest BCUT2D eigenvalue weighted by Gasteiger charge is -2.26. The first-order valence-corrected chi connectivity index (χ1v) is 12.1. The molecular weight excluding hydrogens is 546 g/mol. The van der Waals surface area contributed by atoms with E-state index < -0.39 is 17.7 Å². The number of aromatic nitrogens is 2. The number of methoxy groups -OCH3 is 3. The van der Waals surface area contributed by atoms with E-state index in [0.717, 1.165) is 0 Å². The average Bonchev–Trinajstić information content (AvgIpc) is 3.51. The molecular formula is C26H26BrN3O7. The number of aliphatic hydroxyl groups excluding tert-OH is 1. The molecule has 194 valence electrons. The number of benzene rings is 2. The number of rotatable bonds is 9. The molecule has 1 aromatic heterocycles. The van der Waals surface area contributed by atoms with Crippen LogP contribution in [0.1, 0.15) is 23.6 Å². The first kappa shape index (κ1) is 26.1. The van der Waals surface area contributed by atoms with Crippen LogP contribution in [0.5, 0.6) is 23.0 Å². The number of likely N-dealkylation sites (tertiary alicyclic amines) is 1. The molecule has 2 N–H and O–H groups in total. The number of carbonyl (C=O) groups is 2. The Morgan fingerprint density at radius 1 is 1.03 bits per heavy atom. The maximum atomic E-state index is 13.3. The number of nitrogens with zero attached hydrogens (tertiary/aromatic N) is 3. The van der Waals surface area contributed by atoms with E-state index in [1.54, 1.807) is 36.8 Å². The number of hydrogen-bond donors (Lipinski definition) is 2. The summed E-state index contributed by atoms with van der Waals surface area (Å²) >= 11 is 3.31. The molecule has 1 aliphatic rings. The summed E-state index contributed by atoms with van der Waals surface area (Å²) in [5.41, 5.74) is 0.675. The molecule has 0 spiro atoms. The Bertz CT molecular complexity index is 1350. The van der Waals surface area contributed by atoms with Crippen molar-refractivity contribution in [1.82, 2.24) is 14.5 Å². The summed E-state index contributed by atoms with van der Waals surface area (Å²) in [5.74, 6) is -1.08. The lowest BCUT2D eigenvalue weighted by atomic mass is 9.94. The van der Waals surface area contributed by atoms with Gasteiger partial charge in [0.2, 0.25) is 0 Å². The predicted octanol–water partition coefficient (Wildman–Crippen LogP) is 3.89. The molecule has 37 heavy (non-hydrogen) atoms. The van der Waals surface area contributed by atoms with Gasteiger partial charge in [0.1, 0.15) is 5.76 Å². The van der Waals surface area contributed by atoms with Gasteiger partial charge >= 0.3 is 0 Å². The number of halogens is 1. The maximum Gasteiger partial charge on any atom is 0.295 e. The molecule has 1 atom stereocenters. The number of amides is 1. The number of ketones is 1. The fourth-order valence-electron chi connectivity index (χ4n) is 4.35. The fraction of sp³-hybridized carbons (Fsp3) is 0.269. The van der Waals surface area contributed by atoms with E-state index in [1.807, 2.05) is 10.8 Å². The molecule has 11 heteroatoms. The Morgan fingerprint density at radius 3 is 2.41 bits per heavy atom. The zero-order chi connectivity index (χ0) is 26.7. The molecule has 0 radical (unpaired) electrons. The summed E-state index contributed by atoms with van der Waals surface area (Å²) < 4.78 is 18.1. The van der Waals surface area contributed by atoms with Gasteiger partial charge in [-0.15, -0.1) is 0 Å². The van der Waals surface area contributed by atoms with Crippen LogP contribution >= 0.6 is 15.9 Å². The Balaban J connectivity index is 1.83. The molecule has 2 aromatic carbocycles. The van der Waals surface area contributed by atoms with Crippen molar-refractivity contribution in [3.63, 3.8) is 0 Å². The van der Waals surface area contributed by atoms with E-state index in [2.05, 4.69) is 20.9 Å². The first-order chi connectivity index (χ1) is 17.8. The van der Waals surface area contributed by atoms with Crippen molar-refractivity contribution in [3.8, 4) is 23.0 Å². The van der Waals surface area contributed by atoms with Gasteiger partial charge in [0.05, 0.1) is 43.7 Å². The van der Waals surface area contributed by atoms with E-state index in [4.69, 9.17) is 14.2 Å². The van der Waals surface area contributed by atoms with Crippen LogP contribution in [0.25, 0.3) is 5.76 Å². The van der Waals surface area contributed by atoms with E-state index >= 15 is 0 Å². The second kappa shape index (κ2) is 11.0. The van der Waals surface area contributed by atoms with E-state index in [0.29, 0.717) is 34.5 Å². The Labute approximate surface area is 221 Å². The normalized spacial score (nSPS) is 16.8. The highest BCUT2D eigenvalue weighted by molar-refractivity contribution is 9.10. The summed E-state index contributed by atoms with van der Waals surface area (Å²) in [6.45, 7) is 0.810. The van der Waals surface area contributed by atoms with Gasteiger partial charge in [-0.1, -0.05) is 0 Å². The minimum atomic E-state index is -0.929. The van der Waals surface area contributed by atoms with Gasteiger partial charge in [-0.3, -0.25) is 9.59 Å². The fourth-order valence-corrected chi connectivity index (χ4v) is 4.81. The zero-order valence-electron chi connectivity index (χ0n) is 20.5. The third kappa shape index (κ3) is 4.99. The summed E-state index contributed by atoms with van der Waals surface area (Å²) in [7, 11) is 4.35. The Hall–Kier alpha value is -3.99. The molecule has 1 aliphatic heterocycles. The highest BCUT2D eigenvalue weighted by Gasteiger charge is 2.46. The van der Waals surface area contributed by atoms with Gasteiger partial charge in [0.15, 0.2) is 23.0 Å². The van der Waals surface area contributed by atoms with Crippen LogP contribution in [0.15, 0.2) is 59.1 Å². The molecule has 2 heterocycles. The highest BCUT2D eigenvalue weighted by Crippen LogP contribution is 2.45. The number of ether oxygens (including phenoxy) is 3. The van der Waals surface area contributed by atoms with Gasteiger partial charge in [0.25, 0.3) is 11.7 Å². The molecule has 4 rings (SSSR count). The van der Waals surface area contributed by atoms with Crippen LogP contribution in [0.3, 0.4) is 0 Å². The van der Waals surface area contributed by atoms with Crippen LogP contribution in [0.4, 0.5) is 0 Å². The molecule has 0 aliphatic carbocycles. The third-order valence-corrected chi connectivity index (χ3v) is 6.76. The zero-order valence-corrected chi connectivity index (χ0v) is 22.1. The summed E-state index contributed by atoms with van der Waals surface area (Å²) in [5, 5.41) is 21.7. The molecule has 1 fully saturated rings. The van der Waals surface area contributed by atoms with E-state index in [9.17, 15) is 19.8 Å². The lowest BCUT2D eigenvalue weighted by molar-refractivity contribution is -0.139. The molecule has 1 unspecified atom stereocenters. The number of aryl methyl sites for hydroxylation is 1. The smallest absolute Gasteiger partial charge is 0.295 e. The van der Waals surface area contributed by atoms with Crippen LogP contribution in [0.2, 0.25) is 0 Å². The Morgan fingerprint density at radius 2 is 1.76 bits per heavy atom. The molecule has 0 saturated carbocycles. The van der Waals surface area contributed by atoms with Crippen LogP contribution < -0.4 is 14.2 Å². The predicted molar refractivity (Wildman–Crippen MR) is 138 cm³/mol. The lowest BCUT2D eigenvalue weighted by Crippen LogP contribution is -2.31. The number of aliphatic hydroxyl groups is 1. The molecule has 10 nitrogen and oxygen atoms in total. The van der Waals surface area contributed by atoms with Crippen molar-refractivity contribution < 1.29 is 34.0 Å². The van der Waals surface area contributed by atoms with Gasteiger partial charge in [-0.2, -0.15) is 0 Å². The third-order valence-electron chi connectivity index (χ3n) is 6.16. The van der Waals surface area contributed by atoms with Gasteiger partial charge < -0.3 is 33.9 Å². The van der Waals surface area contributed by atoms with Crippen LogP contribution in [-0.4, -0.2) is 64.2 Å². The SMILES string of the molecule is COc1ccc(C(O)=C2C(=O)C(=O)N(CCCn3ccnc3)C2c2cc(Br)c(O)c(OC)c2)cc1OC. The van der Waals surface area contributed by atoms with Gasteiger partial charge in [0, 0.05) is 31.0 Å². The number of aromatic hydroxyl groups is 1. The molecule has 0 bridgehead atoms. The number of phenolic OH excluding ortho intramolecular Hbond substituents is 1. The van der Waals surface area contributed by atoms with Crippen molar-refractivity contribution in [2.75, 3.05) is 27.9 Å². The number of phenols is 1. The van der Waals surface area contributed by atoms with E-state index in [1.165, 1.54) is 32.3 Å². The molecule has 1 amide bonds. The molecule has 1 saturated heterocycles. The topological polar surface area (TPSA) is 123 Å².